The molecule has 0 bridgehead atoms. The highest BCUT2D eigenvalue weighted by molar-refractivity contribution is 7.12. The number of fused-ring (bicyclic) bond motifs is 2. The number of hydrogen-bond donors (Lipinski definition) is 0. The topological polar surface area (TPSA) is 82.6 Å². The van der Waals surface area contributed by atoms with Crippen LogP contribution in [0.3, 0.4) is 0 Å². The van der Waals surface area contributed by atoms with Gasteiger partial charge in [0.2, 0.25) is 0 Å². The van der Waals surface area contributed by atoms with E-state index in [1.807, 2.05) is 58.8 Å². The van der Waals surface area contributed by atoms with E-state index < -0.39 is 0 Å². The van der Waals surface area contributed by atoms with Crippen molar-refractivity contribution >= 4 is 34.0 Å². The molecule has 0 radical (unpaired) electrons. The van der Waals surface area contributed by atoms with Crippen molar-refractivity contribution in [1.82, 2.24) is 9.88 Å². The first-order valence-corrected chi connectivity index (χ1v) is 14.1. The van der Waals surface area contributed by atoms with E-state index in [1.165, 1.54) is 11.3 Å². The van der Waals surface area contributed by atoms with Gasteiger partial charge in [-0.25, -0.2) is 4.98 Å². The van der Waals surface area contributed by atoms with Crippen LogP contribution < -0.4 is 23.8 Å². The average Bonchev–Trinajstić information content (AvgIpc) is 3.55. The Morgan fingerprint density at radius 1 is 1.05 bits per heavy atom. The molecule has 1 atom stereocenters. The molecule has 10 heteroatoms. The third kappa shape index (κ3) is 5.24. The van der Waals surface area contributed by atoms with Crippen LogP contribution >= 0.6 is 11.3 Å². The average molecular weight is 562 g/mol. The number of rotatable bonds is 8. The number of para-hydroxylation sites is 2. The minimum absolute atomic E-state index is 0.0666. The summed E-state index contributed by atoms with van der Waals surface area (Å²) >= 11 is 1.42. The summed E-state index contributed by atoms with van der Waals surface area (Å²) in [4.78, 5) is 23.7. The second kappa shape index (κ2) is 11.6. The van der Waals surface area contributed by atoms with E-state index in [0.29, 0.717) is 79.4 Å². The summed E-state index contributed by atoms with van der Waals surface area (Å²) in [6, 6.07) is 17.1. The van der Waals surface area contributed by atoms with E-state index in [2.05, 4.69) is 11.0 Å². The van der Waals surface area contributed by atoms with E-state index in [0.717, 1.165) is 16.8 Å². The normalized spacial score (nSPS) is 16.6. The highest BCUT2D eigenvalue weighted by atomic mass is 32.1. The van der Waals surface area contributed by atoms with Crippen LogP contribution in [0.1, 0.15) is 15.2 Å². The molecule has 4 heterocycles. The van der Waals surface area contributed by atoms with E-state index in [1.54, 1.807) is 14.2 Å². The molecular weight excluding hydrogens is 530 g/mol. The predicted molar refractivity (Wildman–Crippen MR) is 153 cm³/mol. The molecule has 1 unspecified atom stereocenters. The van der Waals surface area contributed by atoms with Gasteiger partial charge in [-0.3, -0.25) is 4.79 Å². The van der Waals surface area contributed by atoms with Gasteiger partial charge in [0.25, 0.3) is 5.91 Å². The Morgan fingerprint density at radius 2 is 1.82 bits per heavy atom. The summed E-state index contributed by atoms with van der Waals surface area (Å²) < 4.78 is 29.2. The molecule has 1 fully saturated rings. The predicted octanol–water partition coefficient (Wildman–Crippen LogP) is 4.63. The van der Waals surface area contributed by atoms with Crippen molar-refractivity contribution in [3.8, 4) is 23.0 Å². The molecule has 1 amide bonds. The van der Waals surface area contributed by atoms with Gasteiger partial charge in [-0.05, 0) is 41.8 Å². The number of pyridine rings is 1. The number of benzene rings is 2. The molecule has 4 aromatic rings. The number of carbonyl (C=O) groups is 1. The van der Waals surface area contributed by atoms with Crippen LogP contribution in [0.4, 0.5) is 5.82 Å². The standard InChI is InChI=1S/C30H31N3O6S/c1-35-23-9-10-26(36-2)28-22(23)16-20(29(31-28)32-11-13-37-14-12-32)17-33(30(34)27-8-5-15-40-27)18-21-19-38-24-6-3-4-7-25(24)39-21/h3-10,15-16,21H,11-14,17-19H2,1-2H3. The Balaban J connectivity index is 1.40. The maximum Gasteiger partial charge on any atom is 0.264 e. The highest BCUT2D eigenvalue weighted by Gasteiger charge is 2.29. The quantitative estimate of drug-likeness (QED) is 0.308. The number of anilines is 1. The van der Waals surface area contributed by atoms with Crippen molar-refractivity contribution in [2.75, 3.05) is 58.6 Å². The molecule has 1 saturated heterocycles. The Hall–Kier alpha value is -4.02. The number of amides is 1. The lowest BCUT2D eigenvalue weighted by Gasteiger charge is -2.33. The fraction of sp³-hybridized carbons (Fsp3) is 0.333. The number of aromatic nitrogens is 1. The van der Waals surface area contributed by atoms with Gasteiger partial charge in [0.05, 0.1) is 38.9 Å². The number of methoxy groups -OCH3 is 2. The van der Waals surface area contributed by atoms with E-state index in [4.69, 9.17) is 28.7 Å². The van der Waals surface area contributed by atoms with Gasteiger partial charge in [-0.1, -0.05) is 18.2 Å². The molecule has 0 N–H and O–H groups in total. The third-order valence-electron chi connectivity index (χ3n) is 7.09. The second-order valence-electron chi connectivity index (χ2n) is 9.60. The molecule has 0 aliphatic carbocycles. The third-order valence-corrected chi connectivity index (χ3v) is 7.94. The molecule has 2 aliphatic heterocycles. The molecule has 40 heavy (non-hydrogen) atoms. The molecule has 2 aromatic carbocycles. The van der Waals surface area contributed by atoms with Crippen LogP contribution in [-0.2, 0) is 11.3 Å². The molecule has 0 spiro atoms. The SMILES string of the molecule is COc1ccc(OC)c2nc(N3CCOCC3)c(CN(CC3COc4ccccc4O3)C(=O)c3cccs3)cc12. The van der Waals surface area contributed by atoms with Crippen molar-refractivity contribution in [2.45, 2.75) is 12.6 Å². The van der Waals surface area contributed by atoms with Gasteiger partial charge in [0.1, 0.15) is 29.4 Å². The molecule has 2 aliphatic rings. The number of nitrogens with zero attached hydrogens (tertiary/aromatic N) is 3. The summed E-state index contributed by atoms with van der Waals surface area (Å²) in [5.41, 5.74) is 1.62. The van der Waals surface area contributed by atoms with Crippen LogP contribution in [0.25, 0.3) is 10.9 Å². The van der Waals surface area contributed by atoms with Crippen molar-refractivity contribution < 1.29 is 28.5 Å². The Kier molecular flexibility index (Phi) is 7.61. The highest BCUT2D eigenvalue weighted by Crippen LogP contribution is 2.37. The maximum absolute atomic E-state index is 13.8. The van der Waals surface area contributed by atoms with Crippen molar-refractivity contribution in [3.63, 3.8) is 0 Å². The minimum Gasteiger partial charge on any atom is -0.496 e. The lowest BCUT2D eigenvalue weighted by molar-refractivity contribution is 0.0447. The second-order valence-corrected chi connectivity index (χ2v) is 10.5. The largest absolute Gasteiger partial charge is 0.496 e. The minimum atomic E-state index is -0.325. The summed E-state index contributed by atoms with van der Waals surface area (Å²) in [6.07, 6.45) is -0.325. The van der Waals surface area contributed by atoms with Gasteiger partial charge < -0.3 is 33.5 Å². The smallest absolute Gasteiger partial charge is 0.264 e. The van der Waals surface area contributed by atoms with Gasteiger partial charge in [0, 0.05) is 30.6 Å². The number of ether oxygens (including phenoxy) is 5. The summed E-state index contributed by atoms with van der Waals surface area (Å²) in [6.45, 7) is 3.65. The summed E-state index contributed by atoms with van der Waals surface area (Å²) in [5, 5.41) is 2.74. The van der Waals surface area contributed by atoms with E-state index >= 15 is 0 Å². The van der Waals surface area contributed by atoms with Crippen LogP contribution in [0, 0.1) is 0 Å². The van der Waals surface area contributed by atoms with Crippen molar-refractivity contribution in [1.29, 1.82) is 0 Å². The van der Waals surface area contributed by atoms with E-state index in [9.17, 15) is 4.79 Å². The lowest BCUT2D eigenvalue weighted by Crippen LogP contribution is -2.44. The molecule has 0 saturated carbocycles. The van der Waals surface area contributed by atoms with Crippen LogP contribution in [0.2, 0.25) is 0 Å². The zero-order chi connectivity index (χ0) is 27.5. The fourth-order valence-electron chi connectivity index (χ4n) is 5.13. The van der Waals surface area contributed by atoms with Gasteiger partial charge in [-0.2, -0.15) is 0 Å². The maximum atomic E-state index is 13.8. The van der Waals surface area contributed by atoms with Crippen molar-refractivity contribution in [2.24, 2.45) is 0 Å². The number of hydrogen-bond acceptors (Lipinski definition) is 9. The molecule has 9 nitrogen and oxygen atoms in total. The Bertz CT molecular complexity index is 1490. The molecule has 2 aromatic heterocycles. The Labute approximate surface area is 236 Å². The monoisotopic (exact) mass is 561 g/mol. The van der Waals surface area contributed by atoms with Crippen molar-refractivity contribution in [3.05, 3.63) is 70.4 Å². The van der Waals surface area contributed by atoms with Crippen LogP contribution in [0.15, 0.2) is 60.0 Å². The zero-order valence-corrected chi connectivity index (χ0v) is 23.3. The number of morpholine rings is 1. The van der Waals surface area contributed by atoms with Gasteiger partial charge in [-0.15, -0.1) is 11.3 Å². The summed E-state index contributed by atoms with van der Waals surface area (Å²) in [7, 11) is 3.28. The fourth-order valence-corrected chi connectivity index (χ4v) is 5.82. The van der Waals surface area contributed by atoms with Crippen LogP contribution in [0.5, 0.6) is 23.0 Å². The van der Waals surface area contributed by atoms with Gasteiger partial charge >= 0.3 is 0 Å². The van der Waals surface area contributed by atoms with Crippen LogP contribution in [-0.4, -0.2) is 75.6 Å². The Morgan fingerprint density at radius 3 is 2.58 bits per heavy atom. The molecular formula is C30H31N3O6S. The number of carbonyl (C=O) groups excluding carboxylic acids is 1. The molecule has 6 rings (SSSR count). The zero-order valence-electron chi connectivity index (χ0n) is 22.5. The molecule has 208 valence electrons. The first-order valence-electron chi connectivity index (χ1n) is 13.2. The first kappa shape index (κ1) is 26.2. The van der Waals surface area contributed by atoms with Gasteiger partial charge in [0.15, 0.2) is 17.6 Å². The number of thiophene rings is 1. The summed E-state index contributed by atoms with van der Waals surface area (Å²) in [5.74, 6) is 3.48. The first-order chi connectivity index (χ1) is 19.6. The lowest BCUT2D eigenvalue weighted by atomic mass is 10.1. The van der Waals surface area contributed by atoms with E-state index in [-0.39, 0.29) is 12.0 Å².